The van der Waals surface area contributed by atoms with Crippen molar-refractivity contribution in [1.82, 2.24) is 0 Å². The van der Waals surface area contributed by atoms with Crippen molar-refractivity contribution in [2.75, 3.05) is 0 Å². The second-order valence-corrected chi connectivity index (χ2v) is 14.3. The first kappa shape index (κ1) is 16.7. The highest BCUT2D eigenvalue weighted by Crippen LogP contribution is 2.63. The number of halogens is 3. The predicted molar refractivity (Wildman–Crippen MR) is 112 cm³/mol. The van der Waals surface area contributed by atoms with Gasteiger partial charge in [-0.3, -0.25) is 0 Å². The zero-order chi connectivity index (χ0) is 14.8. The Morgan fingerprint density at radius 2 is 1.90 bits per heavy atom. The Hall–Kier alpha value is 1.89. The van der Waals surface area contributed by atoms with E-state index in [-0.39, 0.29) is 1.43 Å². The van der Waals surface area contributed by atoms with Crippen LogP contribution < -0.4 is 5.73 Å². The summed E-state index contributed by atoms with van der Waals surface area (Å²) >= 11 is 7.93. The molecule has 0 heterocycles. The van der Waals surface area contributed by atoms with Gasteiger partial charge in [0.25, 0.3) is 0 Å². The van der Waals surface area contributed by atoms with Gasteiger partial charge in [0, 0.05) is 6.04 Å². The van der Waals surface area contributed by atoms with Crippen molar-refractivity contribution in [1.29, 1.82) is 0 Å². The first-order chi connectivity index (χ1) is 9.25. The van der Waals surface area contributed by atoms with E-state index in [1.807, 2.05) is 5.57 Å². The normalized spacial score (nSPS) is 39.0. The molecule has 5 aliphatic rings. The molecule has 6 unspecified atom stereocenters. The molecular weight excluding hydrogens is 587 g/mol. The smallest absolute Gasteiger partial charge is 0.0889 e. The maximum atomic E-state index is 6.82. The van der Waals surface area contributed by atoms with Crippen molar-refractivity contribution in [2.24, 2.45) is 35.3 Å². The first-order valence-corrected chi connectivity index (χ1v) is 11.1. The third kappa shape index (κ3) is 2.44. The Bertz CT molecular complexity index is 443. The standard InChI is InChI=1S/C16H24I3N/c1-7(2)16(18,19)15(17)14(20)13-9-4-8(3)12-10(5-9)6-11(12)13/h7,9-11,13-15H,4-6,20H2,1-3H3. The average molecular weight is 611 g/mol. The number of allylic oxidation sites excluding steroid dienone is 2. The lowest BCUT2D eigenvalue weighted by Gasteiger charge is -2.60. The molecule has 0 saturated heterocycles. The molecule has 2 N–H and O–H groups in total. The minimum Gasteiger partial charge on any atom is -0.326 e. The van der Waals surface area contributed by atoms with Crippen molar-refractivity contribution in [2.45, 2.75) is 51.4 Å². The van der Waals surface area contributed by atoms with Gasteiger partial charge in [0.1, 0.15) is 0 Å². The van der Waals surface area contributed by atoms with Crippen molar-refractivity contribution in [3.8, 4) is 0 Å². The molecule has 0 aromatic rings. The molecule has 5 rings (SSSR count). The quantitative estimate of drug-likeness (QED) is 0.260. The number of alkyl halides is 3. The van der Waals surface area contributed by atoms with Crippen LogP contribution in [0, 0.1) is 29.6 Å². The van der Waals surface area contributed by atoms with Gasteiger partial charge in [-0.05, 0) is 55.8 Å². The second-order valence-electron chi connectivity index (χ2n) is 7.36. The average Bonchev–Trinajstić information content (AvgIpc) is 2.34. The molecule has 0 spiro atoms. The molecule has 4 bridgehead atoms. The Kier molecular flexibility index (Phi) is 4.82. The van der Waals surface area contributed by atoms with Gasteiger partial charge in [-0.1, -0.05) is 92.8 Å². The zero-order valence-electron chi connectivity index (χ0n) is 12.4. The van der Waals surface area contributed by atoms with E-state index in [2.05, 4.69) is 88.5 Å². The lowest BCUT2D eigenvalue weighted by molar-refractivity contribution is 0.0270. The predicted octanol–water partition coefficient (Wildman–Crippen LogP) is 5.33. The van der Waals surface area contributed by atoms with Gasteiger partial charge < -0.3 is 5.73 Å². The fourth-order valence-corrected chi connectivity index (χ4v) is 6.92. The lowest BCUT2D eigenvalue weighted by atomic mass is 9.46. The van der Waals surface area contributed by atoms with Crippen LogP contribution in [0.15, 0.2) is 11.1 Å². The molecule has 6 atom stereocenters. The summed E-state index contributed by atoms with van der Waals surface area (Å²) in [4.78, 5) is 0. The molecule has 0 radical (unpaired) electrons. The van der Waals surface area contributed by atoms with Gasteiger partial charge in [0.15, 0.2) is 0 Å². The van der Waals surface area contributed by atoms with Crippen LogP contribution in [0.3, 0.4) is 0 Å². The number of nitrogens with two attached hydrogens (primary N) is 1. The van der Waals surface area contributed by atoms with Crippen LogP contribution in [0.5, 0.6) is 0 Å². The molecule has 20 heavy (non-hydrogen) atoms. The van der Waals surface area contributed by atoms with Crippen molar-refractivity contribution in [3.05, 3.63) is 11.1 Å². The molecule has 4 heteroatoms. The molecular formula is C16H24I3N. The molecule has 0 aromatic carbocycles. The molecule has 3 saturated carbocycles. The number of hydrogen-bond donors (Lipinski definition) is 1. The first-order valence-electron chi connectivity index (χ1n) is 7.72. The Labute approximate surface area is 164 Å². The van der Waals surface area contributed by atoms with Gasteiger partial charge in [-0.15, -0.1) is 0 Å². The second kappa shape index (κ2) is 5.76. The summed E-state index contributed by atoms with van der Waals surface area (Å²) in [5.74, 6) is 4.08. The van der Waals surface area contributed by atoms with E-state index in [4.69, 9.17) is 5.73 Å². The minimum atomic E-state index is 0.263. The highest BCUT2D eigenvalue weighted by molar-refractivity contribution is 14.2. The fraction of sp³-hybridized carbons (Fsp3) is 0.875. The topological polar surface area (TPSA) is 26.0 Å². The maximum absolute atomic E-state index is 6.82. The summed E-state index contributed by atoms with van der Waals surface area (Å²) in [6, 6.07) is 0.353. The van der Waals surface area contributed by atoms with Gasteiger partial charge in [-0.2, -0.15) is 0 Å². The summed E-state index contributed by atoms with van der Waals surface area (Å²) < 4.78 is 0.810. The van der Waals surface area contributed by atoms with Crippen LogP contribution >= 0.6 is 67.8 Å². The van der Waals surface area contributed by atoms with Gasteiger partial charge in [-0.25, -0.2) is 0 Å². The maximum Gasteiger partial charge on any atom is 0.0889 e. The molecule has 5 aliphatic carbocycles. The summed E-state index contributed by atoms with van der Waals surface area (Å²) in [5, 5.41) is 0. The third-order valence-electron chi connectivity index (χ3n) is 5.95. The largest absolute Gasteiger partial charge is 0.326 e. The van der Waals surface area contributed by atoms with Crippen LogP contribution in [0.2, 0.25) is 0 Å². The van der Waals surface area contributed by atoms with E-state index in [0.717, 1.165) is 23.7 Å². The van der Waals surface area contributed by atoms with Gasteiger partial charge in [0.05, 0.1) is 5.35 Å². The zero-order valence-corrected chi connectivity index (χ0v) is 18.8. The van der Waals surface area contributed by atoms with Crippen LogP contribution in [0.4, 0.5) is 0 Å². The fourth-order valence-electron chi connectivity index (χ4n) is 4.89. The van der Waals surface area contributed by atoms with Gasteiger partial charge in [0.2, 0.25) is 0 Å². The summed E-state index contributed by atoms with van der Waals surface area (Å²) in [7, 11) is 0. The van der Waals surface area contributed by atoms with E-state index in [1.165, 1.54) is 19.3 Å². The number of hydrogen-bond acceptors (Lipinski definition) is 1. The van der Waals surface area contributed by atoms with E-state index in [1.54, 1.807) is 5.57 Å². The Balaban J connectivity index is 1.81. The van der Waals surface area contributed by atoms with Crippen LogP contribution in [-0.2, 0) is 0 Å². The van der Waals surface area contributed by atoms with Crippen molar-refractivity contribution in [3.63, 3.8) is 0 Å². The summed E-state index contributed by atoms with van der Waals surface area (Å²) in [6.45, 7) is 7.03. The molecule has 0 aromatic heterocycles. The number of rotatable bonds is 4. The SMILES string of the molecule is CC1=C2C3CC(C1)C(C(N)C(I)C(I)(I)C(C)C)C2C3. The number of fused-ring (bicyclic) bond motifs is 1. The van der Waals surface area contributed by atoms with Gasteiger partial charge >= 0.3 is 0 Å². The summed E-state index contributed by atoms with van der Waals surface area (Å²) in [6.07, 6.45) is 4.20. The minimum absolute atomic E-state index is 0.263. The van der Waals surface area contributed by atoms with E-state index >= 15 is 0 Å². The van der Waals surface area contributed by atoms with Crippen LogP contribution in [0.1, 0.15) is 40.0 Å². The Morgan fingerprint density at radius 1 is 1.25 bits per heavy atom. The Morgan fingerprint density at radius 3 is 2.40 bits per heavy atom. The molecule has 1 nitrogen and oxygen atoms in total. The van der Waals surface area contributed by atoms with Crippen molar-refractivity contribution >= 4 is 67.8 Å². The van der Waals surface area contributed by atoms with E-state index < -0.39 is 0 Å². The highest BCUT2D eigenvalue weighted by atomic mass is 127. The van der Waals surface area contributed by atoms with Crippen LogP contribution in [0.25, 0.3) is 0 Å². The lowest BCUT2D eigenvalue weighted by Crippen LogP contribution is -2.59. The monoisotopic (exact) mass is 611 g/mol. The third-order valence-corrected chi connectivity index (χ3v) is 14.0. The molecule has 114 valence electrons. The molecule has 0 amide bonds. The van der Waals surface area contributed by atoms with Crippen molar-refractivity contribution < 1.29 is 0 Å². The molecule has 3 fully saturated rings. The molecule has 0 aliphatic heterocycles. The highest BCUT2D eigenvalue weighted by Gasteiger charge is 2.56. The summed E-state index contributed by atoms with van der Waals surface area (Å²) in [5.41, 5.74) is 10.4. The van der Waals surface area contributed by atoms with E-state index in [9.17, 15) is 0 Å². The van der Waals surface area contributed by atoms with Crippen LogP contribution in [-0.4, -0.2) is 11.4 Å². The van der Waals surface area contributed by atoms with E-state index in [0.29, 0.717) is 15.9 Å².